The average Bonchev–Trinajstić information content (AvgIpc) is 2.66. The van der Waals surface area contributed by atoms with E-state index in [1.165, 1.54) is 0 Å². The number of likely N-dealkylation sites (tertiary alicyclic amines) is 1. The van der Waals surface area contributed by atoms with Crippen LogP contribution < -0.4 is 11.1 Å². The van der Waals surface area contributed by atoms with Crippen molar-refractivity contribution in [2.45, 2.75) is 32.2 Å². The van der Waals surface area contributed by atoms with E-state index >= 15 is 0 Å². The van der Waals surface area contributed by atoms with Gasteiger partial charge in [-0.05, 0) is 42.0 Å². The molecule has 2 atom stereocenters. The van der Waals surface area contributed by atoms with Crippen molar-refractivity contribution >= 4 is 35.0 Å². The number of hydrogen-bond donors (Lipinski definition) is 2. The van der Waals surface area contributed by atoms with Crippen LogP contribution in [0.25, 0.3) is 10.8 Å². The van der Waals surface area contributed by atoms with Crippen LogP contribution in [0.2, 0.25) is 0 Å². The Hall–Kier alpha value is -2.11. The molecule has 0 radical (unpaired) electrons. The van der Waals surface area contributed by atoms with Crippen LogP contribution in [0.15, 0.2) is 42.5 Å². The zero-order chi connectivity index (χ0) is 18.5. The lowest BCUT2D eigenvalue weighted by atomic mass is 9.92. The van der Waals surface area contributed by atoms with Crippen molar-refractivity contribution in [2.24, 2.45) is 11.7 Å². The van der Waals surface area contributed by atoms with Crippen molar-refractivity contribution in [1.29, 1.82) is 0 Å². The first-order chi connectivity index (χ1) is 12.5. The molecule has 1 fully saturated rings. The Morgan fingerprint density at radius 3 is 2.74 bits per heavy atom. The van der Waals surface area contributed by atoms with Crippen molar-refractivity contribution in [3.63, 3.8) is 0 Å². The first kappa shape index (κ1) is 21.2. The Kier molecular flexibility index (Phi) is 7.63. The van der Waals surface area contributed by atoms with E-state index in [2.05, 4.69) is 5.32 Å². The van der Waals surface area contributed by atoms with Gasteiger partial charge in [-0.2, -0.15) is 0 Å². The van der Waals surface area contributed by atoms with E-state index < -0.39 is 0 Å². The summed E-state index contributed by atoms with van der Waals surface area (Å²) in [6.45, 7) is 3.48. The quantitative estimate of drug-likeness (QED) is 0.824. The van der Waals surface area contributed by atoms with E-state index in [-0.39, 0.29) is 43.2 Å². The number of nitrogens with two attached hydrogens (primary N) is 1. The summed E-state index contributed by atoms with van der Waals surface area (Å²) in [5.74, 6) is 0.191. The number of nitrogens with zero attached hydrogens (tertiary/aromatic N) is 1. The molecule has 3 N–H and O–H groups in total. The summed E-state index contributed by atoms with van der Waals surface area (Å²) in [6.07, 6.45) is 2.31. The van der Waals surface area contributed by atoms with Gasteiger partial charge in [0.1, 0.15) is 0 Å². The van der Waals surface area contributed by atoms with Gasteiger partial charge in [0.25, 0.3) is 0 Å². The second-order valence-corrected chi connectivity index (χ2v) is 7.19. The van der Waals surface area contributed by atoms with Gasteiger partial charge in [-0.3, -0.25) is 9.59 Å². The third-order valence-electron chi connectivity index (χ3n) is 5.22. The standard InChI is InChI=1S/C21H27N3O2.ClH/c1-15(22)18-9-5-11-24(14-18)21(26)13-23-20(25)12-17-8-4-7-16-6-2-3-10-19(16)17;/h2-4,6-8,10,15,18H,5,9,11-14,22H2,1H3,(H,23,25);1H. The molecule has 5 nitrogen and oxygen atoms in total. The number of rotatable bonds is 5. The lowest BCUT2D eigenvalue weighted by molar-refractivity contribution is -0.134. The number of carbonyl (C=O) groups excluding carboxylic acids is 2. The second kappa shape index (κ2) is 9.72. The number of fused-ring (bicyclic) bond motifs is 1. The van der Waals surface area contributed by atoms with E-state index in [1.54, 1.807) is 0 Å². The lowest BCUT2D eigenvalue weighted by Gasteiger charge is -2.34. The van der Waals surface area contributed by atoms with Crippen molar-refractivity contribution < 1.29 is 9.59 Å². The van der Waals surface area contributed by atoms with E-state index in [0.29, 0.717) is 12.5 Å². The number of halogens is 1. The first-order valence-corrected chi connectivity index (χ1v) is 9.31. The fourth-order valence-electron chi connectivity index (χ4n) is 3.63. The Balaban J connectivity index is 0.00000261. The van der Waals surface area contributed by atoms with Gasteiger partial charge in [0.05, 0.1) is 13.0 Å². The molecule has 0 bridgehead atoms. The van der Waals surface area contributed by atoms with Gasteiger partial charge >= 0.3 is 0 Å². The summed E-state index contributed by atoms with van der Waals surface area (Å²) in [5.41, 5.74) is 6.95. The predicted octanol–water partition coefficient (Wildman–Crippen LogP) is 2.51. The first-order valence-electron chi connectivity index (χ1n) is 9.31. The molecule has 0 saturated carbocycles. The fourth-order valence-corrected chi connectivity index (χ4v) is 3.63. The highest BCUT2D eigenvalue weighted by molar-refractivity contribution is 5.91. The smallest absolute Gasteiger partial charge is 0.241 e. The molecule has 3 rings (SSSR count). The Morgan fingerprint density at radius 2 is 1.96 bits per heavy atom. The minimum atomic E-state index is -0.129. The number of piperidine rings is 1. The van der Waals surface area contributed by atoms with Gasteiger partial charge in [-0.1, -0.05) is 42.5 Å². The van der Waals surface area contributed by atoms with E-state index in [4.69, 9.17) is 5.73 Å². The van der Waals surface area contributed by atoms with Gasteiger partial charge in [-0.15, -0.1) is 12.4 Å². The van der Waals surface area contributed by atoms with Crippen LogP contribution in [0.5, 0.6) is 0 Å². The summed E-state index contributed by atoms with van der Waals surface area (Å²) < 4.78 is 0. The second-order valence-electron chi connectivity index (χ2n) is 7.19. The largest absolute Gasteiger partial charge is 0.347 e. The van der Waals surface area contributed by atoms with Gasteiger partial charge in [-0.25, -0.2) is 0 Å². The van der Waals surface area contributed by atoms with Gasteiger partial charge in [0, 0.05) is 19.1 Å². The molecule has 1 saturated heterocycles. The molecule has 1 heterocycles. The number of nitrogens with one attached hydrogen (secondary N) is 1. The molecule has 0 spiro atoms. The third kappa shape index (κ3) is 5.44. The Bertz CT molecular complexity index is 789. The van der Waals surface area contributed by atoms with Crippen LogP contribution in [0.1, 0.15) is 25.3 Å². The van der Waals surface area contributed by atoms with E-state index in [1.807, 2.05) is 54.3 Å². The van der Waals surface area contributed by atoms with Crippen molar-refractivity contribution in [1.82, 2.24) is 10.2 Å². The van der Waals surface area contributed by atoms with Crippen molar-refractivity contribution in [2.75, 3.05) is 19.6 Å². The number of amides is 2. The third-order valence-corrected chi connectivity index (χ3v) is 5.22. The maximum atomic E-state index is 12.4. The van der Waals surface area contributed by atoms with Crippen LogP contribution in [-0.4, -0.2) is 42.4 Å². The topological polar surface area (TPSA) is 75.4 Å². The average molecular weight is 390 g/mol. The van der Waals surface area contributed by atoms with Crippen LogP contribution in [0, 0.1) is 5.92 Å². The zero-order valence-electron chi connectivity index (χ0n) is 15.7. The van der Waals surface area contributed by atoms with Crippen LogP contribution in [0.4, 0.5) is 0 Å². The molecular formula is C21H28ClN3O2. The molecule has 146 valence electrons. The molecule has 2 aromatic carbocycles. The summed E-state index contributed by atoms with van der Waals surface area (Å²) in [4.78, 5) is 26.5. The normalized spacial score (nSPS) is 17.9. The highest BCUT2D eigenvalue weighted by Crippen LogP contribution is 2.20. The van der Waals surface area contributed by atoms with Gasteiger partial charge in [0.2, 0.25) is 11.8 Å². The minimum absolute atomic E-state index is 0. The molecule has 1 aliphatic heterocycles. The fraction of sp³-hybridized carbons (Fsp3) is 0.429. The Labute approximate surface area is 166 Å². The summed E-state index contributed by atoms with van der Waals surface area (Å²) >= 11 is 0. The van der Waals surface area contributed by atoms with Crippen LogP contribution in [-0.2, 0) is 16.0 Å². The molecule has 2 aromatic rings. The maximum absolute atomic E-state index is 12.4. The zero-order valence-corrected chi connectivity index (χ0v) is 16.5. The van der Waals surface area contributed by atoms with Crippen molar-refractivity contribution in [3.8, 4) is 0 Å². The molecule has 1 aliphatic rings. The highest BCUT2D eigenvalue weighted by Gasteiger charge is 2.25. The van der Waals surface area contributed by atoms with Crippen LogP contribution in [0.3, 0.4) is 0 Å². The SMILES string of the molecule is CC(N)C1CCCN(C(=O)CNC(=O)Cc2cccc3ccccc23)C1.Cl. The van der Waals surface area contributed by atoms with Gasteiger partial charge < -0.3 is 16.0 Å². The summed E-state index contributed by atoms with van der Waals surface area (Å²) in [7, 11) is 0. The lowest BCUT2D eigenvalue weighted by Crippen LogP contribution is -2.48. The van der Waals surface area contributed by atoms with E-state index in [0.717, 1.165) is 35.7 Å². The molecular weight excluding hydrogens is 362 g/mol. The molecule has 0 aromatic heterocycles. The van der Waals surface area contributed by atoms with Gasteiger partial charge in [0.15, 0.2) is 0 Å². The van der Waals surface area contributed by atoms with Crippen molar-refractivity contribution in [3.05, 3.63) is 48.0 Å². The molecule has 2 amide bonds. The van der Waals surface area contributed by atoms with E-state index in [9.17, 15) is 9.59 Å². The summed E-state index contributed by atoms with van der Waals surface area (Å²) in [6, 6.07) is 14.0. The molecule has 2 unspecified atom stereocenters. The van der Waals surface area contributed by atoms with Crippen LogP contribution >= 0.6 is 12.4 Å². The monoisotopic (exact) mass is 389 g/mol. The number of hydrogen-bond acceptors (Lipinski definition) is 3. The Morgan fingerprint density at radius 1 is 1.22 bits per heavy atom. The summed E-state index contributed by atoms with van der Waals surface area (Å²) in [5, 5.41) is 4.97. The highest BCUT2D eigenvalue weighted by atomic mass is 35.5. The number of carbonyl (C=O) groups is 2. The molecule has 27 heavy (non-hydrogen) atoms. The maximum Gasteiger partial charge on any atom is 0.241 e. The molecule has 6 heteroatoms. The number of benzene rings is 2. The predicted molar refractivity (Wildman–Crippen MR) is 111 cm³/mol. The molecule has 0 aliphatic carbocycles. The minimum Gasteiger partial charge on any atom is -0.347 e.